The van der Waals surface area contributed by atoms with Crippen LogP contribution >= 0.6 is 0 Å². The lowest BCUT2D eigenvalue weighted by atomic mass is 9.96. The first kappa shape index (κ1) is 19.2. The number of nitrogens with zero attached hydrogens (tertiary/aromatic N) is 3. The highest BCUT2D eigenvalue weighted by Crippen LogP contribution is 2.32. The Labute approximate surface area is 170 Å². The Morgan fingerprint density at radius 2 is 1.66 bits per heavy atom. The van der Waals surface area contributed by atoms with E-state index in [-0.39, 0.29) is 30.4 Å². The van der Waals surface area contributed by atoms with Gasteiger partial charge in [-0.2, -0.15) is 0 Å². The fourth-order valence-electron chi connectivity index (χ4n) is 4.08. The molecule has 0 unspecified atom stereocenters. The van der Waals surface area contributed by atoms with Crippen LogP contribution in [0.3, 0.4) is 0 Å². The molecule has 0 N–H and O–H groups in total. The molecular formula is C23H25N3O3. The third kappa shape index (κ3) is 3.28. The summed E-state index contributed by atoms with van der Waals surface area (Å²) in [6, 6.07) is 12.1. The molecule has 0 aliphatic carbocycles. The summed E-state index contributed by atoms with van der Waals surface area (Å²) in [4.78, 5) is 41.0. The maximum absolute atomic E-state index is 12.7. The monoisotopic (exact) mass is 391 g/mol. The van der Waals surface area contributed by atoms with Gasteiger partial charge < -0.3 is 9.80 Å². The molecule has 150 valence electrons. The molecule has 0 bridgehead atoms. The second-order valence-electron chi connectivity index (χ2n) is 8.14. The SMILES string of the molecule is Cc1cc(-c2ccc(CN3CC(=O)N(C)C3=O)cc2)cc2c1C(=O)N(C(C)C)C2. The molecule has 0 saturated carbocycles. The minimum atomic E-state index is -0.257. The van der Waals surface area contributed by atoms with Crippen LogP contribution in [0.4, 0.5) is 4.79 Å². The van der Waals surface area contributed by atoms with E-state index in [0.717, 1.165) is 38.3 Å². The quantitative estimate of drug-likeness (QED) is 0.751. The molecule has 0 aromatic heterocycles. The van der Waals surface area contributed by atoms with Gasteiger partial charge in [-0.1, -0.05) is 30.3 Å². The lowest BCUT2D eigenvalue weighted by Gasteiger charge is -2.19. The van der Waals surface area contributed by atoms with E-state index in [1.165, 1.54) is 7.05 Å². The van der Waals surface area contributed by atoms with Crippen LogP contribution in [0.5, 0.6) is 0 Å². The molecule has 2 aromatic carbocycles. The fourth-order valence-corrected chi connectivity index (χ4v) is 4.08. The van der Waals surface area contributed by atoms with E-state index >= 15 is 0 Å². The molecule has 0 spiro atoms. The van der Waals surface area contributed by atoms with Crippen LogP contribution in [0.2, 0.25) is 0 Å². The molecule has 2 aliphatic rings. The molecule has 1 saturated heterocycles. The third-order valence-corrected chi connectivity index (χ3v) is 5.77. The zero-order chi connectivity index (χ0) is 20.9. The zero-order valence-corrected chi connectivity index (χ0v) is 17.2. The summed E-state index contributed by atoms with van der Waals surface area (Å²) in [5.41, 5.74) is 6.03. The van der Waals surface area contributed by atoms with Crippen molar-refractivity contribution in [3.8, 4) is 11.1 Å². The van der Waals surface area contributed by atoms with Gasteiger partial charge in [-0.15, -0.1) is 0 Å². The van der Waals surface area contributed by atoms with E-state index < -0.39 is 0 Å². The molecule has 4 amide bonds. The van der Waals surface area contributed by atoms with Crippen molar-refractivity contribution in [3.63, 3.8) is 0 Å². The molecular weight excluding hydrogens is 366 g/mol. The minimum absolute atomic E-state index is 0.115. The van der Waals surface area contributed by atoms with Gasteiger partial charge in [0.1, 0.15) is 6.54 Å². The van der Waals surface area contributed by atoms with Crippen molar-refractivity contribution < 1.29 is 14.4 Å². The summed E-state index contributed by atoms with van der Waals surface area (Å²) >= 11 is 0. The number of hydrogen-bond acceptors (Lipinski definition) is 3. The average molecular weight is 391 g/mol. The number of carbonyl (C=O) groups excluding carboxylic acids is 3. The van der Waals surface area contributed by atoms with Crippen molar-refractivity contribution in [2.24, 2.45) is 0 Å². The second kappa shape index (κ2) is 7.03. The number of fused-ring (bicyclic) bond motifs is 1. The smallest absolute Gasteiger partial charge is 0.327 e. The average Bonchev–Trinajstić information content (AvgIpc) is 3.14. The molecule has 4 rings (SSSR count). The second-order valence-corrected chi connectivity index (χ2v) is 8.14. The normalized spacial score (nSPS) is 16.4. The predicted octanol–water partition coefficient (Wildman–Crippen LogP) is 3.42. The van der Waals surface area contributed by atoms with E-state index in [2.05, 4.69) is 12.1 Å². The Morgan fingerprint density at radius 1 is 0.966 bits per heavy atom. The van der Waals surface area contributed by atoms with Gasteiger partial charge in [0.15, 0.2) is 0 Å². The Kier molecular flexibility index (Phi) is 4.65. The van der Waals surface area contributed by atoms with Crippen LogP contribution < -0.4 is 0 Å². The lowest BCUT2D eigenvalue weighted by Crippen LogP contribution is -2.30. The molecule has 0 radical (unpaired) electrons. The summed E-state index contributed by atoms with van der Waals surface area (Å²) < 4.78 is 0. The highest BCUT2D eigenvalue weighted by molar-refractivity contribution is 6.02. The van der Waals surface area contributed by atoms with Crippen molar-refractivity contribution in [3.05, 3.63) is 58.7 Å². The Morgan fingerprint density at radius 3 is 2.24 bits per heavy atom. The van der Waals surface area contributed by atoms with Crippen LogP contribution in [0.15, 0.2) is 36.4 Å². The van der Waals surface area contributed by atoms with E-state index in [1.807, 2.05) is 49.9 Å². The van der Waals surface area contributed by atoms with Gasteiger partial charge in [-0.05, 0) is 54.7 Å². The van der Waals surface area contributed by atoms with E-state index in [9.17, 15) is 14.4 Å². The summed E-state index contributed by atoms with van der Waals surface area (Å²) in [5.74, 6) is -0.0607. The van der Waals surface area contributed by atoms with Crippen molar-refractivity contribution in [1.29, 1.82) is 0 Å². The Balaban J connectivity index is 1.56. The minimum Gasteiger partial charge on any atom is -0.332 e. The first-order chi connectivity index (χ1) is 13.8. The van der Waals surface area contributed by atoms with Crippen LogP contribution in [0, 0.1) is 6.92 Å². The maximum atomic E-state index is 12.7. The van der Waals surface area contributed by atoms with Crippen LogP contribution in [0.1, 0.15) is 40.9 Å². The summed E-state index contributed by atoms with van der Waals surface area (Å²) in [7, 11) is 1.51. The predicted molar refractivity (Wildman–Crippen MR) is 110 cm³/mol. The van der Waals surface area contributed by atoms with Crippen molar-refractivity contribution in [1.82, 2.24) is 14.7 Å². The Bertz CT molecular complexity index is 1010. The van der Waals surface area contributed by atoms with Gasteiger partial charge in [-0.25, -0.2) is 4.79 Å². The summed E-state index contributed by atoms with van der Waals surface area (Å²) in [6.45, 7) is 7.25. The molecule has 2 aromatic rings. The van der Waals surface area contributed by atoms with Gasteiger partial charge >= 0.3 is 6.03 Å². The zero-order valence-electron chi connectivity index (χ0n) is 17.2. The summed E-state index contributed by atoms with van der Waals surface area (Å²) in [5, 5.41) is 0. The molecule has 0 atom stereocenters. The fraction of sp³-hybridized carbons (Fsp3) is 0.348. The maximum Gasteiger partial charge on any atom is 0.327 e. The lowest BCUT2D eigenvalue weighted by molar-refractivity contribution is -0.124. The number of carbonyl (C=O) groups is 3. The first-order valence-electron chi connectivity index (χ1n) is 9.85. The molecule has 2 heterocycles. The molecule has 2 aliphatic heterocycles. The molecule has 29 heavy (non-hydrogen) atoms. The number of hydrogen-bond donors (Lipinski definition) is 0. The van der Waals surface area contributed by atoms with Gasteiger partial charge in [0.2, 0.25) is 5.91 Å². The van der Waals surface area contributed by atoms with E-state index in [0.29, 0.717) is 13.1 Å². The summed E-state index contributed by atoms with van der Waals surface area (Å²) in [6.07, 6.45) is 0. The van der Waals surface area contributed by atoms with E-state index in [1.54, 1.807) is 4.90 Å². The number of amides is 4. The Hall–Kier alpha value is -3.15. The first-order valence-corrected chi connectivity index (χ1v) is 9.85. The molecule has 6 nitrogen and oxygen atoms in total. The third-order valence-electron chi connectivity index (χ3n) is 5.77. The highest BCUT2D eigenvalue weighted by Gasteiger charge is 2.33. The van der Waals surface area contributed by atoms with Gasteiger partial charge in [-0.3, -0.25) is 14.5 Å². The van der Waals surface area contributed by atoms with Gasteiger partial charge in [0, 0.05) is 31.7 Å². The number of likely N-dealkylation sites (N-methyl/N-ethyl adjacent to an activating group) is 1. The number of aryl methyl sites for hydroxylation is 1. The largest absolute Gasteiger partial charge is 0.332 e. The van der Waals surface area contributed by atoms with Crippen molar-refractivity contribution >= 4 is 17.8 Å². The number of rotatable bonds is 4. The van der Waals surface area contributed by atoms with Crippen molar-refractivity contribution in [2.75, 3.05) is 13.6 Å². The van der Waals surface area contributed by atoms with Crippen LogP contribution in [0.25, 0.3) is 11.1 Å². The standard InChI is InChI=1S/C23H25N3O3/c1-14(2)26-12-19-10-18(9-15(3)21(19)22(26)28)17-7-5-16(6-8-17)11-25-13-20(27)24(4)23(25)29/h5-10,14H,11-13H2,1-4H3. The number of imide groups is 1. The molecule has 6 heteroatoms. The topological polar surface area (TPSA) is 60.9 Å². The van der Waals surface area contributed by atoms with E-state index in [4.69, 9.17) is 0 Å². The number of benzene rings is 2. The van der Waals surface area contributed by atoms with Crippen molar-refractivity contribution in [2.45, 2.75) is 39.9 Å². The number of urea groups is 1. The van der Waals surface area contributed by atoms with Crippen LogP contribution in [-0.2, 0) is 17.9 Å². The highest BCUT2D eigenvalue weighted by atomic mass is 16.2. The van der Waals surface area contributed by atoms with Crippen LogP contribution in [-0.4, -0.2) is 52.2 Å². The van der Waals surface area contributed by atoms with Gasteiger partial charge in [0.05, 0.1) is 0 Å². The molecule has 1 fully saturated rings. The van der Waals surface area contributed by atoms with Gasteiger partial charge in [0.25, 0.3) is 5.91 Å².